The predicted octanol–water partition coefficient (Wildman–Crippen LogP) is 4.14. The fourth-order valence-corrected chi connectivity index (χ4v) is 3.00. The first-order valence-corrected chi connectivity index (χ1v) is 7.61. The van der Waals surface area contributed by atoms with Gasteiger partial charge in [-0.15, -0.1) is 0 Å². The molecule has 0 aliphatic heterocycles. The molecule has 0 bridgehead atoms. The molecule has 0 atom stereocenters. The van der Waals surface area contributed by atoms with E-state index in [4.69, 9.17) is 16.9 Å². The molecule has 0 saturated heterocycles. The molecule has 1 aromatic heterocycles. The van der Waals surface area contributed by atoms with Crippen LogP contribution in [-0.2, 0) is 6.54 Å². The number of nitriles is 1. The zero-order valence-corrected chi connectivity index (χ0v) is 12.5. The summed E-state index contributed by atoms with van der Waals surface area (Å²) >= 11 is 6.14. The van der Waals surface area contributed by atoms with E-state index < -0.39 is 0 Å². The van der Waals surface area contributed by atoms with E-state index in [9.17, 15) is 0 Å². The smallest absolute Gasteiger partial charge is 0.0992 e. The highest BCUT2D eigenvalue weighted by Crippen LogP contribution is 2.29. The molecule has 0 amide bonds. The van der Waals surface area contributed by atoms with Gasteiger partial charge in [0.1, 0.15) is 0 Å². The van der Waals surface area contributed by atoms with Crippen LogP contribution in [0.1, 0.15) is 43.0 Å². The second-order valence-corrected chi connectivity index (χ2v) is 5.79. The summed E-state index contributed by atoms with van der Waals surface area (Å²) < 4.78 is 2.09. The number of anilines is 1. The van der Waals surface area contributed by atoms with Crippen molar-refractivity contribution in [2.45, 2.75) is 38.3 Å². The maximum atomic E-state index is 8.83. The number of nitrogens with one attached hydrogen (secondary N) is 1. The van der Waals surface area contributed by atoms with Gasteiger partial charge in [-0.05, 0) is 37.1 Å². The summed E-state index contributed by atoms with van der Waals surface area (Å²) in [6, 6.07) is 9.94. The van der Waals surface area contributed by atoms with Crippen LogP contribution in [-0.4, -0.2) is 9.78 Å². The number of rotatable bonds is 4. The maximum Gasteiger partial charge on any atom is 0.0992 e. The first kappa shape index (κ1) is 14.0. The standard InChI is InChI=1S/C16H17ClN4/c17-15-9-12(10-18)5-6-16(15)19-11-13-7-8-21(20-13)14-3-1-2-4-14/h5-9,14,19H,1-4,11H2. The topological polar surface area (TPSA) is 53.6 Å². The fourth-order valence-electron chi connectivity index (χ4n) is 2.76. The molecule has 0 spiro atoms. The first-order chi connectivity index (χ1) is 10.3. The monoisotopic (exact) mass is 300 g/mol. The van der Waals surface area contributed by atoms with Crippen molar-refractivity contribution in [2.24, 2.45) is 0 Å². The normalized spacial score (nSPS) is 15.0. The Labute approximate surface area is 129 Å². The van der Waals surface area contributed by atoms with Gasteiger partial charge in [-0.2, -0.15) is 10.4 Å². The van der Waals surface area contributed by atoms with Gasteiger partial charge in [0.05, 0.1) is 40.6 Å². The third kappa shape index (κ3) is 3.20. The summed E-state index contributed by atoms with van der Waals surface area (Å²) in [5, 5.41) is 17.3. The van der Waals surface area contributed by atoms with Crippen LogP contribution in [0.15, 0.2) is 30.5 Å². The highest BCUT2D eigenvalue weighted by Gasteiger charge is 2.17. The molecule has 108 valence electrons. The highest BCUT2D eigenvalue weighted by molar-refractivity contribution is 6.33. The Bertz CT molecular complexity index is 665. The molecule has 0 unspecified atom stereocenters. The van der Waals surface area contributed by atoms with Crippen LogP contribution < -0.4 is 5.32 Å². The minimum Gasteiger partial charge on any atom is -0.378 e. The van der Waals surface area contributed by atoms with E-state index in [0.29, 0.717) is 23.2 Å². The van der Waals surface area contributed by atoms with Gasteiger partial charge in [0.15, 0.2) is 0 Å². The Kier molecular flexibility index (Phi) is 4.12. The van der Waals surface area contributed by atoms with Crippen LogP contribution in [0.2, 0.25) is 5.02 Å². The van der Waals surface area contributed by atoms with Crippen molar-refractivity contribution >= 4 is 17.3 Å². The number of aromatic nitrogens is 2. The van der Waals surface area contributed by atoms with Gasteiger partial charge in [-0.1, -0.05) is 24.4 Å². The zero-order chi connectivity index (χ0) is 14.7. The second kappa shape index (κ2) is 6.19. The molecule has 1 N–H and O–H groups in total. The van der Waals surface area contributed by atoms with Crippen LogP contribution in [0.3, 0.4) is 0 Å². The number of halogens is 1. The fraction of sp³-hybridized carbons (Fsp3) is 0.375. The average molecular weight is 301 g/mol. The minimum absolute atomic E-state index is 0.560. The summed E-state index contributed by atoms with van der Waals surface area (Å²) in [6.45, 7) is 0.630. The van der Waals surface area contributed by atoms with E-state index in [1.54, 1.807) is 12.1 Å². The molecule has 1 fully saturated rings. The van der Waals surface area contributed by atoms with E-state index in [1.165, 1.54) is 25.7 Å². The third-order valence-electron chi connectivity index (χ3n) is 3.92. The molecule has 21 heavy (non-hydrogen) atoms. The van der Waals surface area contributed by atoms with Gasteiger partial charge >= 0.3 is 0 Å². The Morgan fingerprint density at radius 2 is 2.14 bits per heavy atom. The number of nitrogens with zero attached hydrogens (tertiary/aromatic N) is 3. The van der Waals surface area contributed by atoms with E-state index in [2.05, 4.69) is 27.4 Å². The second-order valence-electron chi connectivity index (χ2n) is 5.39. The van der Waals surface area contributed by atoms with Crippen molar-refractivity contribution in [1.29, 1.82) is 5.26 Å². The molecule has 4 nitrogen and oxygen atoms in total. The molecule has 1 saturated carbocycles. The van der Waals surface area contributed by atoms with Crippen molar-refractivity contribution in [3.8, 4) is 6.07 Å². The van der Waals surface area contributed by atoms with E-state index in [1.807, 2.05) is 12.1 Å². The van der Waals surface area contributed by atoms with Gasteiger partial charge in [-0.25, -0.2) is 0 Å². The molecule has 1 aliphatic rings. The van der Waals surface area contributed by atoms with Gasteiger partial charge < -0.3 is 5.32 Å². The first-order valence-electron chi connectivity index (χ1n) is 7.24. The molecular weight excluding hydrogens is 284 g/mol. The molecular formula is C16H17ClN4. The molecule has 5 heteroatoms. The summed E-state index contributed by atoms with van der Waals surface area (Å²) in [4.78, 5) is 0. The quantitative estimate of drug-likeness (QED) is 0.923. The van der Waals surface area contributed by atoms with Crippen molar-refractivity contribution in [2.75, 3.05) is 5.32 Å². The summed E-state index contributed by atoms with van der Waals surface area (Å²) in [5.74, 6) is 0. The number of benzene rings is 1. The van der Waals surface area contributed by atoms with Gasteiger partial charge in [0.2, 0.25) is 0 Å². The largest absolute Gasteiger partial charge is 0.378 e. The molecule has 1 heterocycles. The van der Waals surface area contributed by atoms with Crippen LogP contribution in [0.4, 0.5) is 5.69 Å². The summed E-state index contributed by atoms with van der Waals surface area (Å²) in [5.41, 5.74) is 2.39. The SMILES string of the molecule is N#Cc1ccc(NCc2ccn(C3CCCC3)n2)c(Cl)c1. The lowest BCUT2D eigenvalue weighted by Crippen LogP contribution is -2.07. The van der Waals surface area contributed by atoms with Gasteiger partial charge in [0.25, 0.3) is 0 Å². The maximum absolute atomic E-state index is 8.83. The van der Waals surface area contributed by atoms with Gasteiger partial charge in [-0.3, -0.25) is 4.68 Å². The number of hydrogen-bond acceptors (Lipinski definition) is 3. The zero-order valence-electron chi connectivity index (χ0n) is 11.7. The van der Waals surface area contributed by atoms with Crippen molar-refractivity contribution in [3.05, 3.63) is 46.7 Å². The van der Waals surface area contributed by atoms with Crippen molar-refractivity contribution < 1.29 is 0 Å². The molecule has 1 aliphatic carbocycles. The molecule has 3 rings (SSSR count). The summed E-state index contributed by atoms with van der Waals surface area (Å²) in [6.07, 6.45) is 7.14. The predicted molar refractivity (Wildman–Crippen MR) is 83.2 cm³/mol. The van der Waals surface area contributed by atoms with Crippen LogP contribution in [0, 0.1) is 11.3 Å². The Morgan fingerprint density at radius 1 is 1.33 bits per heavy atom. The van der Waals surface area contributed by atoms with E-state index >= 15 is 0 Å². The van der Waals surface area contributed by atoms with E-state index in [-0.39, 0.29) is 0 Å². The van der Waals surface area contributed by atoms with Crippen LogP contribution in [0.25, 0.3) is 0 Å². The Balaban J connectivity index is 1.64. The van der Waals surface area contributed by atoms with Crippen molar-refractivity contribution in [1.82, 2.24) is 9.78 Å². The van der Waals surface area contributed by atoms with E-state index in [0.717, 1.165) is 11.4 Å². The highest BCUT2D eigenvalue weighted by atomic mass is 35.5. The van der Waals surface area contributed by atoms with Crippen LogP contribution in [0.5, 0.6) is 0 Å². The molecule has 1 aromatic carbocycles. The molecule has 2 aromatic rings. The lowest BCUT2D eigenvalue weighted by molar-refractivity contribution is 0.463. The third-order valence-corrected chi connectivity index (χ3v) is 4.23. The summed E-state index contributed by atoms with van der Waals surface area (Å²) in [7, 11) is 0. The number of hydrogen-bond donors (Lipinski definition) is 1. The Hall–Kier alpha value is -1.99. The Morgan fingerprint density at radius 3 is 2.86 bits per heavy atom. The lowest BCUT2D eigenvalue weighted by Gasteiger charge is -2.09. The van der Waals surface area contributed by atoms with Gasteiger partial charge in [0, 0.05) is 6.20 Å². The average Bonchev–Trinajstić information content (AvgIpc) is 3.16. The minimum atomic E-state index is 0.560. The van der Waals surface area contributed by atoms with Crippen LogP contribution >= 0.6 is 11.6 Å². The molecule has 0 radical (unpaired) electrons. The van der Waals surface area contributed by atoms with Crippen molar-refractivity contribution in [3.63, 3.8) is 0 Å². The lowest BCUT2D eigenvalue weighted by atomic mass is 10.2.